The minimum absolute atomic E-state index is 0.0818. The second-order valence-electron chi connectivity index (χ2n) is 14.0. The number of benzene rings is 2. The number of rotatable bonds is 9. The third-order valence-corrected chi connectivity index (χ3v) is 11.0. The summed E-state index contributed by atoms with van der Waals surface area (Å²) < 4.78 is 19.9. The Morgan fingerprint density at radius 2 is 1.58 bits per heavy atom. The van der Waals surface area contributed by atoms with Crippen molar-refractivity contribution < 1.29 is 28.6 Å². The first-order valence-corrected chi connectivity index (χ1v) is 18.5. The molecule has 0 bridgehead atoms. The van der Waals surface area contributed by atoms with Crippen LogP contribution in [0.5, 0.6) is 11.5 Å². The molecular weight excluding hydrogens is 698 g/mol. The lowest BCUT2D eigenvalue weighted by atomic mass is 9.98. The van der Waals surface area contributed by atoms with Crippen molar-refractivity contribution in [1.82, 2.24) is 19.4 Å². The Hall–Kier alpha value is -4.78. The van der Waals surface area contributed by atoms with E-state index < -0.39 is 0 Å². The summed E-state index contributed by atoms with van der Waals surface area (Å²) in [7, 11) is 5.06. The van der Waals surface area contributed by atoms with Crippen molar-refractivity contribution in [3.8, 4) is 22.6 Å². The number of likely N-dealkylation sites (tertiary alicyclic amines) is 2. The predicted molar refractivity (Wildman–Crippen MR) is 202 cm³/mol. The number of amides is 2. The number of aryl methyl sites for hydroxylation is 1. The second-order valence-corrected chi connectivity index (χ2v) is 14.4. The molecule has 278 valence electrons. The number of pyridine rings is 2. The molecule has 7 rings (SSSR count). The summed E-state index contributed by atoms with van der Waals surface area (Å²) in [5.74, 6) is 0.976. The first-order valence-electron chi connectivity index (χ1n) is 18.1. The summed E-state index contributed by atoms with van der Waals surface area (Å²) >= 11 is 6.42. The van der Waals surface area contributed by atoms with Gasteiger partial charge < -0.3 is 28.6 Å². The van der Waals surface area contributed by atoms with Gasteiger partial charge in [-0.05, 0) is 67.5 Å². The van der Waals surface area contributed by atoms with Crippen LogP contribution in [-0.2, 0) is 27.9 Å². The Balaban J connectivity index is 0.936. The average molecular weight is 742 g/mol. The highest BCUT2D eigenvalue weighted by atomic mass is 35.5. The van der Waals surface area contributed by atoms with Gasteiger partial charge in [-0.15, -0.1) is 0 Å². The van der Waals surface area contributed by atoms with Crippen LogP contribution in [0.4, 0.5) is 5.69 Å². The van der Waals surface area contributed by atoms with Crippen molar-refractivity contribution in [3.63, 3.8) is 0 Å². The number of carbonyl (C=O) groups excluding carboxylic acids is 3. The molecule has 4 aromatic rings. The third kappa shape index (κ3) is 7.67. The van der Waals surface area contributed by atoms with Gasteiger partial charge in [-0.3, -0.25) is 29.1 Å². The third-order valence-electron chi connectivity index (χ3n) is 10.7. The highest BCUT2D eigenvalue weighted by Crippen LogP contribution is 2.39. The second kappa shape index (κ2) is 15.7. The Morgan fingerprint density at radius 3 is 2.28 bits per heavy atom. The van der Waals surface area contributed by atoms with Crippen molar-refractivity contribution in [1.29, 1.82) is 0 Å². The number of nitrogens with zero attached hydrogens (tertiary/aromatic N) is 5. The van der Waals surface area contributed by atoms with E-state index in [9.17, 15) is 19.2 Å². The number of aromatic nitrogens is 2. The zero-order chi connectivity index (χ0) is 37.2. The summed E-state index contributed by atoms with van der Waals surface area (Å²) in [6, 6.07) is 10.9. The van der Waals surface area contributed by atoms with Crippen molar-refractivity contribution >= 4 is 45.7 Å². The van der Waals surface area contributed by atoms with E-state index >= 15 is 0 Å². The summed E-state index contributed by atoms with van der Waals surface area (Å²) in [5.41, 5.74) is 3.56. The number of piperidine rings is 3. The Bertz CT molecular complexity index is 2100. The molecule has 2 aromatic carbocycles. The van der Waals surface area contributed by atoms with Gasteiger partial charge in [0.05, 0.1) is 48.9 Å². The van der Waals surface area contributed by atoms with Crippen molar-refractivity contribution in [2.24, 2.45) is 7.05 Å². The highest BCUT2D eigenvalue weighted by molar-refractivity contribution is 6.34. The molecule has 2 aromatic heterocycles. The van der Waals surface area contributed by atoms with Gasteiger partial charge in [-0.2, -0.15) is 0 Å². The first-order chi connectivity index (χ1) is 25.6. The molecule has 5 heterocycles. The number of carbonyl (C=O) groups is 3. The molecule has 0 aliphatic carbocycles. The number of hydrogen-bond donors (Lipinski definition) is 0. The number of anilines is 1. The molecule has 53 heavy (non-hydrogen) atoms. The Morgan fingerprint density at radius 1 is 0.868 bits per heavy atom. The zero-order valence-corrected chi connectivity index (χ0v) is 31.1. The summed E-state index contributed by atoms with van der Waals surface area (Å²) in [6.45, 7) is 3.88. The minimum Gasteiger partial charge on any atom is -0.496 e. The molecule has 3 aliphatic rings. The topological polar surface area (TPSA) is 124 Å². The molecule has 3 aliphatic heterocycles. The van der Waals surface area contributed by atoms with Gasteiger partial charge >= 0.3 is 0 Å². The SMILES string of the molecule is COc1cc(-c2cn(C)c(=O)c3cnccc23)c(OC)cc1CN1CCC(OC2CCN(C(=O)c3ccc(Cl)c(N4CCC(=O)CC4=O)c3)CC2)CC1. The lowest BCUT2D eigenvalue weighted by molar-refractivity contribution is -0.128. The Labute approximate surface area is 313 Å². The molecule has 0 spiro atoms. The van der Waals surface area contributed by atoms with Crippen LogP contribution in [0, 0.1) is 0 Å². The fourth-order valence-electron chi connectivity index (χ4n) is 7.74. The van der Waals surface area contributed by atoms with E-state index in [0.717, 1.165) is 66.6 Å². The largest absolute Gasteiger partial charge is 0.496 e. The molecule has 0 saturated carbocycles. The van der Waals surface area contributed by atoms with Crippen molar-refractivity contribution in [2.75, 3.05) is 51.8 Å². The van der Waals surface area contributed by atoms with Crippen LogP contribution in [0.3, 0.4) is 0 Å². The van der Waals surface area contributed by atoms with Crippen LogP contribution in [0.1, 0.15) is 54.4 Å². The van der Waals surface area contributed by atoms with Gasteiger partial charge in [-0.25, -0.2) is 0 Å². The van der Waals surface area contributed by atoms with Gasteiger partial charge in [0.1, 0.15) is 17.3 Å². The van der Waals surface area contributed by atoms with E-state index in [1.165, 1.54) is 4.90 Å². The first kappa shape index (κ1) is 36.6. The van der Waals surface area contributed by atoms with Crippen LogP contribution >= 0.6 is 11.6 Å². The van der Waals surface area contributed by atoms with Gasteiger partial charge in [0, 0.05) is 93.6 Å². The van der Waals surface area contributed by atoms with Gasteiger partial charge in [0.15, 0.2) is 0 Å². The molecule has 12 nitrogen and oxygen atoms in total. The van der Waals surface area contributed by atoms with Gasteiger partial charge in [-0.1, -0.05) is 11.6 Å². The van der Waals surface area contributed by atoms with Crippen LogP contribution in [0.25, 0.3) is 21.9 Å². The zero-order valence-electron chi connectivity index (χ0n) is 30.3. The predicted octanol–water partition coefficient (Wildman–Crippen LogP) is 5.25. The molecule has 0 unspecified atom stereocenters. The van der Waals surface area contributed by atoms with E-state index in [4.69, 9.17) is 25.8 Å². The van der Waals surface area contributed by atoms with Gasteiger partial charge in [0.25, 0.3) is 11.5 Å². The number of fused-ring (bicyclic) bond motifs is 1. The molecule has 3 fully saturated rings. The maximum Gasteiger partial charge on any atom is 0.259 e. The molecule has 13 heteroatoms. The standard InChI is InChI=1S/C40H44ClN5O7/c1-43-24-33(30-6-12-42-22-32(30)40(43)50)31-21-36(51-2)26(19-37(31)52-3)23-44-13-8-28(9-14-44)53-29-10-15-45(16-11-29)39(49)25-4-5-34(41)35(18-25)46-17-7-27(47)20-38(46)48/h4-6,12,18-19,21-22,24,28-29H,7-11,13-17,20,23H2,1-3H3. The normalized spacial score (nSPS) is 17.8. The molecule has 0 radical (unpaired) electrons. The maximum atomic E-state index is 13.5. The quantitative estimate of drug-likeness (QED) is 0.212. The Kier molecular flexibility index (Phi) is 10.8. The minimum atomic E-state index is -0.294. The summed E-state index contributed by atoms with van der Waals surface area (Å²) in [6.07, 6.45) is 8.81. The van der Waals surface area contributed by atoms with Crippen molar-refractivity contribution in [2.45, 2.75) is 57.3 Å². The van der Waals surface area contributed by atoms with Crippen LogP contribution in [-0.4, -0.2) is 96.1 Å². The molecule has 2 amide bonds. The van der Waals surface area contributed by atoms with E-state index in [0.29, 0.717) is 47.0 Å². The molecule has 3 saturated heterocycles. The maximum absolute atomic E-state index is 13.5. The number of hydrogen-bond acceptors (Lipinski definition) is 9. The number of Topliss-reactive ketones (excluding diaryl/α,β-unsaturated/α-hetero) is 1. The van der Waals surface area contributed by atoms with Crippen LogP contribution in [0.2, 0.25) is 5.02 Å². The number of ketones is 1. The van der Waals surface area contributed by atoms with Crippen LogP contribution < -0.4 is 19.9 Å². The number of halogens is 1. The van der Waals surface area contributed by atoms with E-state index in [2.05, 4.69) is 9.88 Å². The fourth-order valence-corrected chi connectivity index (χ4v) is 7.96. The highest BCUT2D eigenvalue weighted by Gasteiger charge is 2.31. The van der Waals surface area contributed by atoms with E-state index in [1.807, 2.05) is 29.3 Å². The van der Waals surface area contributed by atoms with E-state index in [1.54, 1.807) is 56.4 Å². The lowest BCUT2D eigenvalue weighted by Crippen LogP contribution is -2.43. The van der Waals surface area contributed by atoms with Crippen molar-refractivity contribution in [3.05, 3.63) is 81.5 Å². The molecule has 0 atom stereocenters. The van der Waals surface area contributed by atoms with Gasteiger partial charge in [0.2, 0.25) is 5.91 Å². The number of methoxy groups -OCH3 is 2. The van der Waals surface area contributed by atoms with Crippen LogP contribution in [0.15, 0.2) is 59.8 Å². The van der Waals surface area contributed by atoms with E-state index in [-0.39, 0.29) is 54.8 Å². The molecular formula is C40H44ClN5O7. The summed E-state index contributed by atoms with van der Waals surface area (Å²) in [5, 5.41) is 1.73. The summed E-state index contributed by atoms with van der Waals surface area (Å²) in [4.78, 5) is 60.4. The average Bonchev–Trinajstić information content (AvgIpc) is 3.17. The number of ether oxygens (including phenoxy) is 3. The molecule has 0 N–H and O–H groups in total. The smallest absolute Gasteiger partial charge is 0.259 e. The monoisotopic (exact) mass is 741 g/mol. The fraction of sp³-hybridized carbons (Fsp3) is 0.425. The lowest BCUT2D eigenvalue weighted by Gasteiger charge is -2.37.